The summed E-state index contributed by atoms with van der Waals surface area (Å²) in [5.74, 6) is 0.290. The van der Waals surface area contributed by atoms with E-state index in [0.29, 0.717) is 19.4 Å². The number of methoxy groups -OCH3 is 1. The van der Waals surface area contributed by atoms with Gasteiger partial charge in [-0.1, -0.05) is 29.8 Å². The van der Waals surface area contributed by atoms with E-state index in [0.717, 1.165) is 16.9 Å². The third kappa shape index (κ3) is 4.97. The van der Waals surface area contributed by atoms with Crippen LogP contribution in [0.3, 0.4) is 0 Å². The average Bonchev–Trinajstić information content (AvgIpc) is 2.74. The molecule has 7 heteroatoms. The zero-order valence-corrected chi connectivity index (χ0v) is 17.9. The molecule has 2 aromatic carbocycles. The molecule has 1 N–H and O–H groups in total. The Morgan fingerprint density at radius 2 is 1.79 bits per heavy atom. The van der Waals surface area contributed by atoms with Crippen molar-refractivity contribution in [2.45, 2.75) is 37.6 Å². The van der Waals surface area contributed by atoms with Gasteiger partial charge in [-0.2, -0.15) is 4.31 Å². The van der Waals surface area contributed by atoms with Gasteiger partial charge in [-0.25, -0.2) is 8.42 Å². The van der Waals surface area contributed by atoms with E-state index in [2.05, 4.69) is 5.32 Å². The summed E-state index contributed by atoms with van der Waals surface area (Å²) in [6.45, 7) is 4.48. The van der Waals surface area contributed by atoms with Gasteiger partial charge in [-0.05, 0) is 56.5 Å². The van der Waals surface area contributed by atoms with Crippen molar-refractivity contribution >= 4 is 15.9 Å². The fraction of sp³-hybridized carbons (Fsp3) is 0.409. The minimum atomic E-state index is -3.59. The zero-order valence-electron chi connectivity index (χ0n) is 17.1. The molecule has 1 amide bonds. The lowest BCUT2D eigenvalue weighted by atomic mass is 9.98. The van der Waals surface area contributed by atoms with E-state index in [9.17, 15) is 13.2 Å². The van der Waals surface area contributed by atoms with Crippen LogP contribution in [0.15, 0.2) is 53.4 Å². The van der Waals surface area contributed by atoms with Crippen molar-refractivity contribution < 1.29 is 17.9 Å². The molecule has 6 nitrogen and oxygen atoms in total. The Hall–Kier alpha value is -2.38. The lowest BCUT2D eigenvalue weighted by molar-refractivity contribution is -0.126. The maximum atomic E-state index is 13.0. The van der Waals surface area contributed by atoms with Crippen LogP contribution in [0.1, 0.15) is 36.9 Å². The number of sulfonamides is 1. The molecule has 0 aromatic heterocycles. The molecule has 3 rings (SSSR count). The third-order valence-corrected chi connectivity index (χ3v) is 7.27. The van der Waals surface area contributed by atoms with Crippen LogP contribution >= 0.6 is 0 Å². The summed E-state index contributed by atoms with van der Waals surface area (Å²) in [7, 11) is -1.98. The summed E-state index contributed by atoms with van der Waals surface area (Å²) >= 11 is 0. The molecule has 1 heterocycles. The van der Waals surface area contributed by atoms with Crippen LogP contribution in [0.5, 0.6) is 5.75 Å². The molecule has 2 aromatic rings. The van der Waals surface area contributed by atoms with E-state index in [-0.39, 0.29) is 29.3 Å². The molecule has 1 saturated heterocycles. The number of amides is 1. The summed E-state index contributed by atoms with van der Waals surface area (Å²) in [4.78, 5) is 13.1. The molecule has 0 unspecified atom stereocenters. The van der Waals surface area contributed by atoms with Gasteiger partial charge in [0.25, 0.3) is 0 Å². The minimum absolute atomic E-state index is 0.114. The number of ether oxygens (including phenoxy) is 1. The van der Waals surface area contributed by atoms with Crippen LogP contribution in [-0.2, 0) is 14.8 Å². The maximum absolute atomic E-state index is 13.0. The van der Waals surface area contributed by atoms with Crippen LogP contribution < -0.4 is 10.1 Å². The Morgan fingerprint density at radius 1 is 1.14 bits per heavy atom. The fourth-order valence-electron chi connectivity index (χ4n) is 3.54. The van der Waals surface area contributed by atoms with Gasteiger partial charge < -0.3 is 10.1 Å². The second-order valence-electron chi connectivity index (χ2n) is 7.52. The van der Waals surface area contributed by atoms with E-state index < -0.39 is 10.0 Å². The summed E-state index contributed by atoms with van der Waals surface area (Å²) < 4.78 is 32.5. The van der Waals surface area contributed by atoms with Crippen molar-refractivity contribution in [3.8, 4) is 5.75 Å². The van der Waals surface area contributed by atoms with E-state index in [1.807, 2.05) is 38.1 Å². The summed E-state index contributed by atoms with van der Waals surface area (Å²) in [5.41, 5.74) is 1.98. The number of nitrogens with zero attached hydrogens (tertiary/aromatic N) is 1. The molecule has 0 bridgehead atoms. The number of benzene rings is 2. The molecule has 0 saturated carbocycles. The first-order valence-electron chi connectivity index (χ1n) is 9.82. The van der Waals surface area contributed by atoms with Crippen molar-refractivity contribution in [1.29, 1.82) is 0 Å². The van der Waals surface area contributed by atoms with Crippen LogP contribution in [0.2, 0.25) is 0 Å². The topological polar surface area (TPSA) is 75.7 Å². The minimum Gasteiger partial charge on any atom is -0.497 e. The highest BCUT2D eigenvalue weighted by Crippen LogP contribution is 2.25. The monoisotopic (exact) mass is 416 g/mol. The number of aryl methyl sites for hydroxylation is 1. The number of carbonyl (C=O) groups excluding carboxylic acids is 1. The third-order valence-electron chi connectivity index (χ3n) is 5.39. The highest BCUT2D eigenvalue weighted by Gasteiger charge is 2.33. The maximum Gasteiger partial charge on any atom is 0.243 e. The van der Waals surface area contributed by atoms with Crippen LogP contribution in [0.25, 0.3) is 0 Å². The van der Waals surface area contributed by atoms with Crippen LogP contribution in [-0.4, -0.2) is 38.8 Å². The van der Waals surface area contributed by atoms with Gasteiger partial charge in [0, 0.05) is 13.1 Å². The highest BCUT2D eigenvalue weighted by molar-refractivity contribution is 7.89. The summed E-state index contributed by atoms with van der Waals surface area (Å²) in [6, 6.07) is 14.2. The number of hydrogen-bond acceptors (Lipinski definition) is 4. The molecule has 1 fully saturated rings. The zero-order chi connectivity index (χ0) is 21.0. The largest absolute Gasteiger partial charge is 0.497 e. The Labute approximate surface area is 172 Å². The Bertz CT molecular complexity index is 940. The quantitative estimate of drug-likeness (QED) is 0.784. The summed E-state index contributed by atoms with van der Waals surface area (Å²) in [6.07, 6.45) is 1.35. The normalized spacial score (nSPS) is 18.8. The standard InChI is InChI=1S/C22H28N2O4S/c1-16-6-12-21(13-7-16)29(26,27)24-14-4-5-19(15-24)22(25)23-17(2)18-8-10-20(28-3)11-9-18/h6-13,17,19H,4-5,14-15H2,1-3H3,(H,23,25)/t17-,19+/m1/s1. The SMILES string of the molecule is COc1ccc([C@@H](C)NC(=O)[C@H]2CCCN(S(=O)(=O)c3ccc(C)cc3)C2)cc1. The van der Waals surface area contributed by atoms with Gasteiger partial charge in [0.1, 0.15) is 5.75 Å². The van der Waals surface area contributed by atoms with E-state index in [1.165, 1.54) is 4.31 Å². The van der Waals surface area contributed by atoms with Gasteiger partial charge in [-0.15, -0.1) is 0 Å². The van der Waals surface area contributed by atoms with Crippen LogP contribution in [0, 0.1) is 12.8 Å². The predicted molar refractivity (Wildman–Crippen MR) is 112 cm³/mol. The van der Waals surface area contributed by atoms with Gasteiger partial charge in [0.15, 0.2) is 0 Å². The molecule has 0 aliphatic carbocycles. The number of carbonyl (C=O) groups is 1. The molecule has 29 heavy (non-hydrogen) atoms. The molecule has 0 spiro atoms. The van der Waals surface area contributed by atoms with Crippen molar-refractivity contribution in [2.75, 3.05) is 20.2 Å². The molecule has 1 aliphatic rings. The highest BCUT2D eigenvalue weighted by atomic mass is 32.2. The van der Waals surface area contributed by atoms with Gasteiger partial charge in [0.05, 0.1) is 24.0 Å². The van der Waals surface area contributed by atoms with Crippen molar-refractivity contribution in [3.05, 3.63) is 59.7 Å². The summed E-state index contributed by atoms with van der Waals surface area (Å²) in [5, 5.41) is 3.02. The van der Waals surface area contributed by atoms with Gasteiger partial charge in [-0.3, -0.25) is 4.79 Å². The van der Waals surface area contributed by atoms with Crippen molar-refractivity contribution in [1.82, 2.24) is 9.62 Å². The Balaban J connectivity index is 1.66. The van der Waals surface area contributed by atoms with Crippen LogP contribution in [0.4, 0.5) is 0 Å². The van der Waals surface area contributed by atoms with E-state index in [4.69, 9.17) is 4.74 Å². The molecule has 156 valence electrons. The number of rotatable bonds is 6. The number of nitrogens with one attached hydrogen (secondary N) is 1. The average molecular weight is 417 g/mol. The first-order valence-corrected chi connectivity index (χ1v) is 11.3. The molecule has 2 atom stereocenters. The first kappa shape index (κ1) is 21.3. The van der Waals surface area contributed by atoms with Crippen molar-refractivity contribution in [2.24, 2.45) is 5.92 Å². The molecule has 0 radical (unpaired) electrons. The molecular weight excluding hydrogens is 388 g/mol. The Morgan fingerprint density at radius 3 is 2.41 bits per heavy atom. The smallest absolute Gasteiger partial charge is 0.243 e. The number of piperidine rings is 1. The van der Waals surface area contributed by atoms with Crippen molar-refractivity contribution in [3.63, 3.8) is 0 Å². The Kier molecular flexibility index (Phi) is 6.59. The lowest BCUT2D eigenvalue weighted by Crippen LogP contribution is -2.45. The number of hydrogen-bond donors (Lipinski definition) is 1. The predicted octanol–water partition coefficient (Wildman–Crippen LogP) is 3.28. The first-order chi connectivity index (χ1) is 13.8. The van der Waals surface area contributed by atoms with E-state index >= 15 is 0 Å². The van der Waals surface area contributed by atoms with Gasteiger partial charge in [0.2, 0.25) is 15.9 Å². The second-order valence-corrected chi connectivity index (χ2v) is 9.46. The lowest BCUT2D eigenvalue weighted by Gasteiger charge is -2.32. The second kappa shape index (κ2) is 8.97. The molecular formula is C22H28N2O4S. The molecule has 1 aliphatic heterocycles. The fourth-order valence-corrected chi connectivity index (χ4v) is 5.07. The van der Waals surface area contributed by atoms with Gasteiger partial charge >= 0.3 is 0 Å². The van der Waals surface area contributed by atoms with E-state index in [1.54, 1.807) is 31.4 Å².